The van der Waals surface area contributed by atoms with Crippen molar-refractivity contribution in [3.63, 3.8) is 0 Å². The van der Waals surface area contributed by atoms with E-state index in [0.717, 1.165) is 5.92 Å². The highest BCUT2D eigenvalue weighted by Gasteiger charge is 2.36. The highest BCUT2D eigenvalue weighted by molar-refractivity contribution is 7.12. The maximum Gasteiger partial charge on any atom is 0.0531 e. The zero-order valence-corrected chi connectivity index (χ0v) is 10.8. The Hall–Kier alpha value is -0.340. The lowest BCUT2D eigenvalue weighted by atomic mass is 9.86. The molecule has 1 fully saturated rings. The van der Waals surface area contributed by atoms with Crippen molar-refractivity contribution in [3.05, 3.63) is 21.9 Å². The highest BCUT2D eigenvalue weighted by Crippen LogP contribution is 2.39. The molecular formula is C13H21NS. The average Bonchev–Trinajstić information content (AvgIpc) is 2.73. The van der Waals surface area contributed by atoms with E-state index in [4.69, 9.17) is 0 Å². The second kappa shape index (κ2) is 4.26. The van der Waals surface area contributed by atoms with Gasteiger partial charge in [-0.15, -0.1) is 11.3 Å². The summed E-state index contributed by atoms with van der Waals surface area (Å²) < 4.78 is 0. The predicted molar refractivity (Wildman–Crippen MR) is 67.4 cm³/mol. The lowest BCUT2D eigenvalue weighted by Gasteiger charge is -2.30. The third-order valence-electron chi connectivity index (χ3n) is 3.21. The third-order valence-corrected chi connectivity index (χ3v) is 4.42. The molecule has 84 valence electrons. The van der Waals surface area contributed by atoms with Gasteiger partial charge in [-0.3, -0.25) is 0 Å². The average molecular weight is 223 g/mol. The van der Waals surface area contributed by atoms with Crippen molar-refractivity contribution in [1.29, 1.82) is 0 Å². The van der Waals surface area contributed by atoms with Crippen LogP contribution in [0.1, 0.15) is 42.9 Å². The molecule has 2 rings (SSSR count). The van der Waals surface area contributed by atoms with Gasteiger partial charge >= 0.3 is 0 Å². The smallest absolute Gasteiger partial charge is 0.0531 e. The first kappa shape index (κ1) is 11.2. The summed E-state index contributed by atoms with van der Waals surface area (Å²) in [5.74, 6) is 0.762. The normalized spacial score (nSPS) is 26.4. The van der Waals surface area contributed by atoms with Gasteiger partial charge in [-0.1, -0.05) is 13.8 Å². The Kier molecular flexibility index (Phi) is 3.17. The molecule has 1 aliphatic heterocycles. The molecule has 0 spiro atoms. The van der Waals surface area contributed by atoms with Crippen molar-refractivity contribution in [2.45, 2.75) is 45.6 Å². The van der Waals surface area contributed by atoms with Gasteiger partial charge in [0.2, 0.25) is 0 Å². The minimum Gasteiger partial charge on any atom is -0.307 e. The van der Waals surface area contributed by atoms with Crippen LogP contribution in [0.5, 0.6) is 0 Å². The van der Waals surface area contributed by atoms with E-state index in [1.54, 1.807) is 4.88 Å². The van der Waals surface area contributed by atoms with Crippen molar-refractivity contribution in [1.82, 2.24) is 5.32 Å². The van der Waals surface area contributed by atoms with E-state index in [-0.39, 0.29) is 0 Å². The second-order valence-corrected chi connectivity index (χ2v) is 6.41. The molecule has 0 aliphatic carbocycles. The summed E-state index contributed by atoms with van der Waals surface area (Å²) in [4.78, 5) is 2.98. The number of hydrogen-bond acceptors (Lipinski definition) is 2. The van der Waals surface area contributed by atoms with Gasteiger partial charge in [-0.25, -0.2) is 0 Å². The van der Waals surface area contributed by atoms with Gasteiger partial charge < -0.3 is 5.32 Å². The van der Waals surface area contributed by atoms with E-state index in [2.05, 4.69) is 38.2 Å². The molecule has 2 heteroatoms. The molecule has 1 aliphatic rings. The molecule has 1 N–H and O–H groups in total. The maximum atomic E-state index is 3.74. The fraction of sp³-hybridized carbons (Fsp3) is 0.692. The van der Waals surface area contributed by atoms with Crippen molar-refractivity contribution in [3.8, 4) is 0 Å². The van der Waals surface area contributed by atoms with E-state index in [1.807, 2.05) is 11.3 Å². The molecule has 1 aromatic heterocycles. The molecular weight excluding hydrogens is 202 g/mol. The number of nitrogens with one attached hydrogen (secondary N) is 1. The molecule has 0 saturated carbocycles. The summed E-state index contributed by atoms with van der Waals surface area (Å²) in [5.41, 5.74) is 0.299. The first-order valence-electron chi connectivity index (χ1n) is 5.94. The van der Waals surface area contributed by atoms with Crippen LogP contribution in [0.2, 0.25) is 0 Å². The minimum atomic E-state index is 0.299. The number of thiophene rings is 1. The van der Waals surface area contributed by atoms with Crippen LogP contribution >= 0.6 is 11.3 Å². The quantitative estimate of drug-likeness (QED) is 0.824. The molecule has 1 aromatic rings. The number of hydrogen-bond donors (Lipinski definition) is 1. The second-order valence-electron chi connectivity index (χ2n) is 5.12. The third kappa shape index (κ3) is 2.26. The summed E-state index contributed by atoms with van der Waals surface area (Å²) >= 11 is 1.96. The van der Waals surface area contributed by atoms with Crippen LogP contribution in [0.4, 0.5) is 0 Å². The van der Waals surface area contributed by atoms with Crippen LogP contribution < -0.4 is 5.32 Å². The van der Waals surface area contributed by atoms with Gasteiger partial charge in [0.05, 0.1) is 5.54 Å². The summed E-state index contributed by atoms with van der Waals surface area (Å²) in [6.45, 7) is 8.03. The molecule has 0 aromatic carbocycles. The maximum absolute atomic E-state index is 3.74. The van der Waals surface area contributed by atoms with Crippen LogP contribution in [0.25, 0.3) is 0 Å². The number of aryl methyl sites for hydroxylation is 1. The molecule has 0 radical (unpaired) electrons. The molecule has 1 unspecified atom stereocenters. The number of rotatable bonds is 3. The van der Waals surface area contributed by atoms with Gasteiger partial charge in [-0.05, 0) is 50.8 Å². The van der Waals surface area contributed by atoms with E-state index >= 15 is 0 Å². The Labute approximate surface area is 96.9 Å². The van der Waals surface area contributed by atoms with Crippen molar-refractivity contribution in [2.24, 2.45) is 5.92 Å². The Balaban J connectivity index is 2.26. The van der Waals surface area contributed by atoms with E-state index in [1.165, 1.54) is 30.7 Å². The lowest BCUT2D eigenvalue weighted by Crippen LogP contribution is -2.37. The van der Waals surface area contributed by atoms with Crippen LogP contribution in [-0.2, 0) is 5.54 Å². The first-order valence-corrected chi connectivity index (χ1v) is 6.76. The van der Waals surface area contributed by atoms with Crippen molar-refractivity contribution >= 4 is 11.3 Å². The van der Waals surface area contributed by atoms with Gasteiger partial charge in [0.25, 0.3) is 0 Å². The Morgan fingerprint density at radius 1 is 1.47 bits per heavy atom. The summed E-state index contributed by atoms with van der Waals surface area (Å²) in [5, 5.41) is 3.74. The molecule has 15 heavy (non-hydrogen) atoms. The standard InChI is InChI=1S/C13H21NS/c1-10(2)9-13(7-4-8-14-13)12-6-5-11(3)15-12/h5-6,10,14H,4,7-9H2,1-3H3. The lowest BCUT2D eigenvalue weighted by molar-refractivity contribution is 0.317. The van der Waals surface area contributed by atoms with Gasteiger partial charge in [0.1, 0.15) is 0 Å². The van der Waals surface area contributed by atoms with Crippen LogP contribution in [0.15, 0.2) is 12.1 Å². The fourth-order valence-corrected chi connectivity index (χ4v) is 3.75. The predicted octanol–water partition coefficient (Wildman–Crippen LogP) is 3.68. The Morgan fingerprint density at radius 3 is 2.73 bits per heavy atom. The summed E-state index contributed by atoms with van der Waals surface area (Å²) in [6.07, 6.45) is 3.90. The largest absolute Gasteiger partial charge is 0.307 e. The highest BCUT2D eigenvalue weighted by atomic mass is 32.1. The fourth-order valence-electron chi connectivity index (χ4n) is 2.68. The van der Waals surface area contributed by atoms with Crippen LogP contribution in [0.3, 0.4) is 0 Å². The molecule has 0 amide bonds. The molecule has 1 atom stereocenters. The van der Waals surface area contributed by atoms with Crippen molar-refractivity contribution in [2.75, 3.05) is 6.54 Å². The molecule has 1 nitrogen and oxygen atoms in total. The van der Waals surface area contributed by atoms with E-state index in [9.17, 15) is 0 Å². The Bertz CT molecular complexity index is 321. The molecule has 0 bridgehead atoms. The van der Waals surface area contributed by atoms with E-state index in [0.29, 0.717) is 5.54 Å². The van der Waals surface area contributed by atoms with Crippen LogP contribution in [0, 0.1) is 12.8 Å². The minimum absolute atomic E-state index is 0.299. The Morgan fingerprint density at radius 2 is 2.27 bits per heavy atom. The monoisotopic (exact) mass is 223 g/mol. The molecule has 2 heterocycles. The van der Waals surface area contributed by atoms with Gasteiger partial charge in [0.15, 0.2) is 0 Å². The zero-order valence-electron chi connectivity index (χ0n) is 9.97. The summed E-state index contributed by atoms with van der Waals surface area (Å²) in [7, 11) is 0. The summed E-state index contributed by atoms with van der Waals surface area (Å²) in [6, 6.07) is 4.57. The van der Waals surface area contributed by atoms with Gasteiger partial charge in [-0.2, -0.15) is 0 Å². The first-order chi connectivity index (χ1) is 7.12. The zero-order chi connectivity index (χ0) is 10.9. The molecule has 1 saturated heterocycles. The SMILES string of the molecule is Cc1ccc(C2(CC(C)C)CCCN2)s1. The van der Waals surface area contributed by atoms with Crippen molar-refractivity contribution < 1.29 is 0 Å². The van der Waals surface area contributed by atoms with E-state index < -0.39 is 0 Å². The van der Waals surface area contributed by atoms with Gasteiger partial charge in [0, 0.05) is 9.75 Å². The van der Waals surface area contributed by atoms with Crippen LogP contribution in [-0.4, -0.2) is 6.54 Å². The topological polar surface area (TPSA) is 12.0 Å².